The van der Waals surface area contributed by atoms with Gasteiger partial charge in [-0.05, 0) is 36.4 Å². The zero-order chi connectivity index (χ0) is 12.8. The molecule has 4 heteroatoms. The predicted molar refractivity (Wildman–Crippen MR) is 64.5 cm³/mol. The maximum Gasteiger partial charge on any atom is 0.336 e. The van der Waals surface area contributed by atoms with Crippen LogP contribution in [0.2, 0.25) is 0 Å². The van der Waals surface area contributed by atoms with Gasteiger partial charge in [-0.3, -0.25) is 0 Å². The van der Waals surface area contributed by atoms with Gasteiger partial charge in [-0.25, -0.2) is 4.79 Å². The Labute approximate surface area is 104 Å². The molecule has 0 aliphatic carbocycles. The number of ether oxygens (including phenoxy) is 1. The van der Waals surface area contributed by atoms with Crippen LogP contribution in [0.5, 0.6) is 5.75 Å². The van der Waals surface area contributed by atoms with Gasteiger partial charge >= 0.3 is 5.97 Å². The zero-order valence-electron chi connectivity index (χ0n) is 9.37. The van der Waals surface area contributed by atoms with E-state index in [9.17, 15) is 4.79 Å². The van der Waals surface area contributed by atoms with E-state index in [1.54, 1.807) is 30.3 Å². The zero-order valence-corrected chi connectivity index (χ0v) is 9.37. The highest BCUT2D eigenvalue weighted by Gasteiger charge is 2.01. The number of furan rings is 1. The molecule has 0 bridgehead atoms. The molecule has 0 spiro atoms. The van der Waals surface area contributed by atoms with Crippen LogP contribution in [-0.4, -0.2) is 5.97 Å². The van der Waals surface area contributed by atoms with Crippen LogP contribution in [-0.2, 0) is 4.79 Å². The normalized spacial score (nSPS) is 10.2. The van der Waals surface area contributed by atoms with Gasteiger partial charge in [0.15, 0.2) is 0 Å². The van der Waals surface area contributed by atoms with E-state index in [0.29, 0.717) is 17.1 Å². The van der Waals surface area contributed by atoms with Crippen molar-refractivity contribution in [2.45, 2.75) is 0 Å². The van der Waals surface area contributed by atoms with Crippen molar-refractivity contribution >= 4 is 12.0 Å². The summed E-state index contributed by atoms with van der Waals surface area (Å²) in [5, 5.41) is 8.71. The molecule has 1 heterocycles. The Morgan fingerprint density at radius 3 is 2.94 bits per heavy atom. The van der Waals surface area contributed by atoms with Crippen LogP contribution in [0.15, 0.2) is 53.2 Å². The number of hydrogen-bond acceptors (Lipinski definition) is 4. The Kier molecular flexibility index (Phi) is 3.57. The molecular weight excluding hydrogens is 230 g/mol. The van der Waals surface area contributed by atoms with Crippen LogP contribution in [0.1, 0.15) is 11.3 Å². The Morgan fingerprint density at radius 1 is 1.33 bits per heavy atom. The lowest BCUT2D eigenvalue weighted by Gasteiger charge is -2.00. The summed E-state index contributed by atoms with van der Waals surface area (Å²) in [7, 11) is 0. The summed E-state index contributed by atoms with van der Waals surface area (Å²) in [6, 6.07) is 11.8. The quantitative estimate of drug-likeness (QED) is 0.469. The number of carbonyl (C=O) groups excluding carboxylic acids is 1. The first-order valence-corrected chi connectivity index (χ1v) is 5.21. The fourth-order valence-electron chi connectivity index (χ4n) is 1.32. The summed E-state index contributed by atoms with van der Waals surface area (Å²) < 4.78 is 10.1. The van der Waals surface area contributed by atoms with Crippen molar-refractivity contribution in [3.63, 3.8) is 0 Å². The standard InChI is InChI=1S/C14H9NO3/c15-10-11-3-1-4-13(9-11)18-14(16)7-6-12-5-2-8-17-12/h1-9H/b7-6+. The lowest BCUT2D eigenvalue weighted by Crippen LogP contribution is -2.03. The van der Waals surface area contributed by atoms with E-state index in [0.717, 1.165) is 0 Å². The molecule has 2 rings (SSSR count). The summed E-state index contributed by atoms with van der Waals surface area (Å²) in [6.07, 6.45) is 4.29. The molecule has 0 unspecified atom stereocenters. The minimum absolute atomic E-state index is 0.336. The third-order valence-corrected chi connectivity index (χ3v) is 2.11. The van der Waals surface area contributed by atoms with Crippen molar-refractivity contribution < 1.29 is 13.9 Å². The third kappa shape index (κ3) is 3.09. The second kappa shape index (κ2) is 5.51. The van der Waals surface area contributed by atoms with Crippen molar-refractivity contribution in [2.24, 2.45) is 0 Å². The van der Waals surface area contributed by atoms with Gasteiger partial charge in [-0.15, -0.1) is 0 Å². The summed E-state index contributed by atoms with van der Waals surface area (Å²) >= 11 is 0. The van der Waals surface area contributed by atoms with E-state index in [1.165, 1.54) is 24.5 Å². The first kappa shape index (κ1) is 11.7. The molecule has 0 amide bonds. The van der Waals surface area contributed by atoms with Crippen LogP contribution < -0.4 is 4.74 Å². The predicted octanol–water partition coefficient (Wildman–Crippen LogP) is 2.77. The smallest absolute Gasteiger partial charge is 0.336 e. The summed E-state index contributed by atoms with van der Waals surface area (Å²) in [5.41, 5.74) is 0.440. The third-order valence-electron chi connectivity index (χ3n) is 2.11. The lowest BCUT2D eigenvalue weighted by molar-refractivity contribution is -0.128. The number of hydrogen-bond donors (Lipinski definition) is 0. The molecule has 0 N–H and O–H groups in total. The molecule has 2 aromatic rings. The molecule has 0 aliphatic rings. The van der Waals surface area contributed by atoms with Crippen LogP contribution >= 0.6 is 0 Å². The fraction of sp³-hybridized carbons (Fsp3) is 0. The highest BCUT2D eigenvalue weighted by molar-refractivity contribution is 5.88. The molecule has 1 aromatic heterocycles. The van der Waals surface area contributed by atoms with Gasteiger partial charge in [-0.1, -0.05) is 6.07 Å². The number of carbonyl (C=O) groups is 1. The number of benzene rings is 1. The fourth-order valence-corrected chi connectivity index (χ4v) is 1.32. The maximum atomic E-state index is 11.5. The van der Waals surface area contributed by atoms with Gasteiger partial charge in [-0.2, -0.15) is 5.26 Å². The maximum absolute atomic E-state index is 11.5. The molecule has 0 saturated heterocycles. The Balaban J connectivity index is 2.01. The van der Waals surface area contributed by atoms with Crippen molar-refractivity contribution in [3.8, 4) is 11.8 Å². The van der Waals surface area contributed by atoms with E-state index in [2.05, 4.69) is 0 Å². The molecule has 0 saturated carbocycles. The Bertz CT molecular complexity index is 606. The van der Waals surface area contributed by atoms with Gasteiger partial charge in [0.2, 0.25) is 0 Å². The second-order valence-corrected chi connectivity index (χ2v) is 3.41. The molecule has 0 aliphatic heterocycles. The second-order valence-electron chi connectivity index (χ2n) is 3.41. The number of rotatable bonds is 3. The topological polar surface area (TPSA) is 63.2 Å². The molecule has 18 heavy (non-hydrogen) atoms. The van der Waals surface area contributed by atoms with E-state index in [4.69, 9.17) is 14.4 Å². The summed E-state index contributed by atoms with van der Waals surface area (Å²) in [6.45, 7) is 0. The van der Waals surface area contributed by atoms with Gasteiger partial charge in [0.25, 0.3) is 0 Å². The minimum atomic E-state index is -0.526. The van der Waals surface area contributed by atoms with Gasteiger partial charge < -0.3 is 9.15 Å². The molecular formula is C14H9NO3. The largest absolute Gasteiger partial charge is 0.465 e. The Hall–Kier alpha value is -2.80. The van der Waals surface area contributed by atoms with Crippen LogP contribution in [0.3, 0.4) is 0 Å². The SMILES string of the molecule is N#Cc1cccc(OC(=O)/C=C/c2ccco2)c1. The van der Waals surface area contributed by atoms with E-state index < -0.39 is 5.97 Å². The lowest BCUT2D eigenvalue weighted by atomic mass is 10.2. The average Bonchev–Trinajstić information content (AvgIpc) is 2.90. The molecule has 0 radical (unpaired) electrons. The van der Waals surface area contributed by atoms with Crippen molar-refractivity contribution in [1.29, 1.82) is 5.26 Å². The van der Waals surface area contributed by atoms with Gasteiger partial charge in [0.05, 0.1) is 17.9 Å². The molecule has 0 fully saturated rings. The first-order valence-electron chi connectivity index (χ1n) is 5.21. The number of nitrogens with zero attached hydrogens (tertiary/aromatic N) is 1. The van der Waals surface area contributed by atoms with Crippen LogP contribution in [0, 0.1) is 11.3 Å². The van der Waals surface area contributed by atoms with Crippen molar-refractivity contribution in [2.75, 3.05) is 0 Å². The van der Waals surface area contributed by atoms with Gasteiger partial charge in [0, 0.05) is 6.08 Å². The number of esters is 1. The number of nitriles is 1. The van der Waals surface area contributed by atoms with E-state index in [-0.39, 0.29) is 0 Å². The molecule has 1 aromatic carbocycles. The van der Waals surface area contributed by atoms with E-state index in [1.807, 2.05) is 6.07 Å². The molecule has 4 nitrogen and oxygen atoms in total. The highest BCUT2D eigenvalue weighted by atomic mass is 16.5. The van der Waals surface area contributed by atoms with Crippen molar-refractivity contribution in [3.05, 3.63) is 60.1 Å². The van der Waals surface area contributed by atoms with Crippen LogP contribution in [0.25, 0.3) is 6.08 Å². The molecule has 88 valence electrons. The Morgan fingerprint density at radius 2 is 2.22 bits per heavy atom. The first-order chi connectivity index (χ1) is 8.78. The van der Waals surface area contributed by atoms with Gasteiger partial charge in [0.1, 0.15) is 11.5 Å². The molecule has 0 atom stereocenters. The van der Waals surface area contributed by atoms with E-state index >= 15 is 0 Å². The van der Waals surface area contributed by atoms with Crippen molar-refractivity contribution in [1.82, 2.24) is 0 Å². The minimum Gasteiger partial charge on any atom is -0.465 e. The van der Waals surface area contributed by atoms with Crippen LogP contribution in [0.4, 0.5) is 0 Å². The average molecular weight is 239 g/mol. The highest BCUT2D eigenvalue weighted by Crippen LogP contribution is 2.13. The summed E-state index contributed by atoms with van der Waals surface area (Å²) in [5.74, 6) is 0.377. The summed E-state index contributed by atoms with van der Waals surface area (Å²) in [4.78, 5) is 11.5. The monoisotopic (exact) mass is 239 g/mol.